The van der Waals surface area contributed by atoms with Crippen molar-refractivity contribution in [1.29, 1.82) is 0 Å². The number of hydrogen-bond donors (Lipinski definition) is 0. The summed E-state index contributed by atoms with van der Waals surface area (Å²) < 4.78 is 1.84. The first-order chi connectivity index (χ1) is 4.83. The molecule has 0 amide bonds. The fraction of sp³-hybridized carbons (Fsp3) is 0.571. The Labute approximate surface area is 65.6 Å². The topological polar surface area (TPSA) is 17.8 Å². The van der Waals surface area contributed by atoms with Crippen LogP contribution >= 0.6 is 11.8 Å². The molecule has 2 nitrogen and oxygen atoms in total. The highest BCUT2D eigenvalue weighted by molar-refractivity contribution is 7.98. The Hall–Kier alpha value is -0.440. The quantitative estimate of drug-likeness (QED) is 0.662. The summed E-state index contributed by atoms with van der Waals surface area (Å²) in [7, 11) is 1.94. The number of aromatic nitrogens is 2. The van der Waals surface area contributed by atoms with E-state index in [0.29, 0.717) is 0 Å². The summed E-state index contributed by atoms with van der Waals surface area (Å²) in [5.74, 6) is 2.26. The molecule has 0 aromatic carbocycles. The first kappa shape index (κ1) is 7.66. The van der Waals surface area contributed by atoms with E-state index in [1.54, 1.807) is 0 Å². The largest absolute Gasteiger partial charge is 0.276 e. The van der Waals surface area contributed by atoms with Crippen molar-refractivity contribution in [3.63, 3.8) is 0 Å². The maximum atomic E-state index is 4.07. The van der Waals surface area contributed by atoms with Gasteiger partial charge in [-0.3, -0.25) is 4.68 Å². The van der Waals surface area contributed by atoms with Gasteiger partial charge in [-0.25, -0.2) is 0 Å². The van der Waals surface area contributed by atoms with Crippen LogP contribution < -0.4 is 0 Å². The fourth-order valence-electron chi connectivity index (χ4n) is 0.766. The predicted molar refractivity (Wildman–Crippen MR) is 45.0 cm³/mol. The third-order valence-electron chi connectivity index (χ3n) is 1.23. The van der Waals surface area contributed by atoms with Crippen LogP contribution in [0, 0.1) is 0 Å². The minimum atomic E-state index is 1.09. The molecule has 0 radical (unpaired) electrons. The van der Waals surface area contributed by atoms with Crippen LogP contribution in [-0.2, 0) is 12.8 Å². The van der Waals surface area contributed by atoms with Gasteiger partial charge >= 0.3 is 0 Å². The Morgan fingerprint density at radius 2 is 2.50 bits per heavy atom. The Kier molecular flexibility index (Phi) is 2.81. The van der Waals surface area contributed by atoms with Crippen LogP contribution in [0.5, 0.6) is 0 Å². The molecule has 0 aliphatic heterocycles. The smallest absolute Gasteiger partial charge is 0.0530 e. The third-order valence-corrected chi connectivity index (χ3v) is 2.18. The van der Waals surface area contributed by atoms with Crippen LogP contribution in [0.2, 0.25) is 0 Å². The van der Waals surface area contributed by atoms with E-state index in [9.17, 15) is 0 Å². The molecule has 0 saturated carbocycles. The van der Waals surface area contributed by atoms with Crippen molar-refractivity contribution < 1.29 is 0 Å². The predicted octanol–water partition coefficient (Wildman–Crippen LogP) is 1.67. The molecule has 0 aliphatic rings. The van der Waals surface area contributed by atoms with E-state index in [4.69, 9.17) is 0 Å². The Morgan fingerprint density at radius 3 is 3.00 bits per heavy atom. The normalized spacial score (nSPS) is 10.2. The number of aryl methyl sites for hydroxylation is 1. The number of rotatable bonds is 3. The van der Waals surface area contributed by atoms with Crippen molar-refractivity contribution in [1.82, 2.24) is 9.78 Å². The number of thioether (sulfide) groups is 1. The molecule has 0 fully saturated rings. The lowest BCUT2D eigenvalue weighted by molar-refractivity contribution is 0.767. The van der Waals surface area contributed by atoms with Gasteiger partial charge in [0.15, 0.2) is 0 Å². The monoisotopic (exact) mass is 156 g/mol. The van der Waals surface area contributed by atoms with Gasteiger partial charge in [-0.1, -0.05) is 6.92 Å². The zero-order valence-corrected chi connectivity index (χ0v) is 7.19. The second-order valence-electron chi connectivity index (χ2n) is 2.16. The average Bonchev–Trinajstić information content (AvgIpc) is 2.31. The second-order valence-corrected chi connectivity index (χ2v) is 3.43. The molecule has 0 bridgehead atoms. The Balaban J connectivity index is 2.42. The van der Waals surface area contributed by atoms with Crippen LogP contribution in [0.4, 0.5) is 0 Å². The molecule has 1 aromatic heterocycles. The molecule has 1 heterocycles. The first-order valence-electron chi connectivity index (χ1n) is 3.38. The lowest BCUT2D eigenvalue weighted by Gasteiger charge is -1.91. The fourth-order valence-corrected chi connectivity index (χ4v) is 1.36. The number of hydrogen-bond acceptors (Lipinski definition) is 2. The van der Waals surface area contributed by atoms with E-state index in [2.05, 4.69) is 18.2 Å². The third kappa shape index (κ3) is 2.06. The summed E-state index contributed by atoms with van der Waals surface area (Å²) in [4.78, 5) is 0. The van der Waals surface area contributed by atoms with Crippen LogP contribution in [0.25, 0.3) is 0 Å². The van der Waals surface area contributed by atoms with E-state index in [1.807, 2.05) is 29.7 Å². The van der Waals surface area contributed by atoms with E-state index in [-0.39, 0.29) is 0 Å². The highest BCUT2D eigenvalue weighted by atomic mass is 32.2. The molecule has 0 atom stereocenters. The van der Waals surface area contributed by atoms with E-state index in [0.717, 1.165) is 5.75 Å². The van der Waals surface area contributed by atoms with Crippen LogP contribution in [0.3, 0.4) is 0 Å². The highest BCUT2D eigenvalue weighted by Crippen LogP contribution is 2.09. The molecule has 1 aromatic rings. The molecule has 10 heavy (non-hydrogen) atoms. The van der Waals surface area contributed by atoms with Crippen molar-refractivity contribution in [2.45, 2.75) is 12.7 Å². The minimum absolute atomic E-state index is 1.09. The molecule has 0 aliphatic carbocycles. The summed E-state index contributed by atoms with van der Waals surface area (Å²) >= 11 is 1.92. The Bertz CT molecular complexity index is 195. The molecular formula is C7H12N2S. The Morgan fingerprint density at radius 1 is 1.70 bits per heavy atom. The highest BCUT2D eigenvalue weighted by Gasteiger charge is 1.93. The maximum Gasteiger partial charge on any atom is 0.0530 e. The molecule has 0 saturated heterocycles. The van der Waals surface area contributed by atoms with Gasteiger partial charge in [0.05, 0.1) is 6.20 Å². The maximum absolute atomic E-state index is 4.07. The van der Waals surface area contributed by atoms with Crippen molar-refractivity contribution in [2.24, 2.45) is 7.05 Å². The SMILES string of the molecule is CCSCc1cnn(C)c1. The van der Waals surface area contributed by atoms with Gasteiger partial charge in [0.1, 0.15) is 0 Å². The number of nitrogens with zero attached hydrogens (tertiary/aromatic N) is 2. The van der Waals surface area contributed by atoms with E-state index >= 15 is 0 Å². The van der Waals surface area contributed by atoms with Crippen molar-refractivity contribution in [3.05, 3.63) is 18.0 Å². The first-order valence-corrected chi connectivity index (χ1v) is 4.53. The van der Waals surface area contributed by atoms with Crippen LogP contribution in [-0.4, -0.2) is 15.5 Å². The van der Waals surface area contributed by atoms with Crippen LogP contribution in [0.1, 0.15) is 12.5 Å². The summed E-state index contributed by atoms with van der Waals surface area (Å²) in [5.41, 5.74) is 1.31. The summed E-state index contributed by atoms with van der Waals surface area (Å²) in [6.45, 7) is 2.17. The molecule has 56 valence electrons. The van der Waals surface area contributed by atoms with Gasteiger partial charge < -0.3 is 0 Å². The van der Waals surface area contributed by atoms with Gasteiger partial charge in [-0.15, -0.1) is 0 Å². The summed E-state index contributed by atoms with van der Waals surface area (Å²) in [6.07, 6.45) is 3.98. The zero-order valence-electron chi connectivity index (χ0n) is 6.37. The van der Waals surface area contributed by atoms with Crippen LogP contribution in [0.15, 0.2) is 12.4 Å². The van der Waals surface area contributed by atoms with Gasteiger partial charge in [-0.05, 0) is 11.3 Å². The summed E-state index contributed by atoms with van der Waals surface area (Å²) in [5, 5.41) is 4.07. The van der Waals surface area contributed by atoms with Crippen molar-refractivity contribution >= 4 is 11.8 Å². The molecule has 0 spiro atoms. The summed E-state index contributed by atoms with van der Waals surface area (Å²) in [6, 6.07) is 0. The van der Waals surface area contributed by atoms with E-state index < -0.39 is 0 Å². The molecular weight excluding hydrogens is 144 g/mol. The van der Waals surface area contributed by atoms with Gasteiger partial charge in [0.25, 0.3) is 0 Å². The van der Waals surface area contributed by atoms with Gasteiger partial charge in [0.2, 0.25) is 0 Å². The van der Waals surface area contributed by atoms with Gasteiger partial charge in [-0.2, -0.15) is 16.9 Å². The van der Waals surface area contributed by atoms with E-state index in [1.165, 1.54) is 11.3 Å². The molecule has 3 heteroatoms. The zero-order chi connectivity index (χ0) is 7.40. The minimum Gasteiger partial charge on any atom is -0.276 e. The van der Waals surface area contributed by atoms with Crippen molar-refractivity contribution in [2.75, 3.05) is 5.75 Å². The average molecular weight is 156 g/mol. The lowest BCUT2D eigenvalue weighted by Crippen LogP contribution is -1.84. The van der Waals surface area contributed by atoms with Gasteiger partial charge in [0, 0.05) is 19.0 Å². The molecule has 1 rings (SSSR count). The van der Waals surface area contributed by atoms with Crippen molar-refractivity contribution in [3.8, 4) is 0 Å². The molecule has 0 unspecified atom stereocenters. The second kappa shape index (κ2) is 3.66. The molecule has 0 N–H and O–H groups in total. The lowest BCUT2D eigenvalue weighted by atomic mass is 10.4. The standard InChI is InChI=1S/C7H12N2S/c1-3-10-6-7-4-8-9(2)5-7/h4-5H,3,6H2,1-2H3.